The van der Waals surface area contributed by atoms with Gasteiger partial charge in [-0.3, -0.25) is 9.59 Å². The first-order valence-electron chi connectivity index (χ1n) is 7.58. The van der Waals surface area contributed by atoms with Crippen molar-refractivity contribution in [1.29, 1.82) is 0 Å². The molecule has 2 aromatic heterocycles. The van der Waals surface area contributed by atoms with Crippen LogP contribution in [0.4, 0.5) is 0 Å². The zero-order chi connectivity index (χ0) is 17.1. The van der Waals surface area contributed by atoms with Crippen molar-refractivity contribution in [3.8, 4) is 0 Å². The number of para-hydroxylation sites is 1. The third-order valence-electron chi connectivity index (χ3n) is 3.86. The highest BCUT2D eigenvalue weighted by Gasteiger charge is 2.17. The van der Waals surface area contributed by atoms with Gasteiger partial charge in [0.15, 0.2) is 6.61 Å². The molecular weight excluding hydrogens is 308 g/mol. The monoisotopic (exact) mass is 324 g/mol. The van der Waals surface area contributed by atoms with Gasteiger partial charge in [0.1, 0.15) is 5.56 Å². The van der Waals surface area contributed by atoms with E-state index in [1.807, 2.05) is 25.1 Å². The number of hydrogen-bond donors (Lipinski definition) is 2. The number of Topliss-reactive ketones (excluding diaryl/α,β-unsaturated/α-hetero) is 1. The van der Waals surface area contributed by atoms with Crippen molar-refractivity contribution >= 4 is 22.7 Å². The van der Waals surface area contributed by atoms with Gasteiger partial charge in [-0.2, -0.15) is 0 Å². The van der Waals surface area contributed by atoms with Crippen LogP contribution in [0, 0.1) is 0 Å². The van der Waals surface area contributed by atoms with Gasteiger partial charge in [-0.15, -0.1) is 0 Å². The van der Waals surface area contributed by atoms with Crippen LogP contribution in [0.1, 0.15) is 33.2 Å². The van der Waals surface area contributed by atoms with E-state index in [4.69, 9.17) is 4.74 Å². The molecule has 6 nitrogen and oxygen atoms in total. The molecule has 0 amide bonds. The van der Waals surface area contributed by atoms with E-state index in [0.717, 1.165) is 22.9 Å². The molecule has 2 N–H and O–H groups in total. The van der Waals surface area contributed by atoms with Crippen LogP contribution < -0.4 is 5.56 Å². The molecule has 0 aliphatic heterocycles. The smallest absolute Gasteiger partial charge is 0.344 e. The molecule has 0 saturated carbocycles. The van der Waals surface area contributed by atoms with Gasteiger partial charge in [-0.05, 0) is 24.1 Å². The molecule has 122 valence electrons. The quantitative estimate of drug-likeness (QED) is 0.557. The SMILES string of the molecule is CCc1cccc2c(C(=O)COC(=O)c3ccc[nH]c3=O)c[nH]c12. The lowest BCUT2D eigenvalue weighted by molar-refractivity contribution is 0.0473. The van der Waals surface area contributed by atoms with Crippen molar-refractivity contribution in [2.75, 3.05) is 6.61 Å². The highest BCUT2D eigenvalue weighted by Crippen LogP contribution is 2.22. The summed E-state index contributed by atoms with van der Waals surface area (Å²) in [5, 5.41) is 0.799. The van der Waals surface area contributed by atoms with Crippen LogP contribution in [0.25, 0.3) is 10.9 Å². The lowest BCUT2D eigenvalue weighted by atomic mass is 10.1. The van der Waals surface area contributed by atoms with E-state index in [0.29, 0.717) is 5.56 Å². The molecule has 0 saturated heterocycles. The van der Waals surface area contributed by atoms with Crippen LogP contribution in [-0.2, 0) is 11.2 Å². The van der Waals surface area contributed by atoms with E-state index in [1.54, 1.807) is 6.20 Å². The lowest BCUT2D eigenvalue weighted by Gasteiger charge is -2.04. The van der Waals surface area contributed by atoms with E-state index < -0.39 is 18.1 Å². The topological polar surface area (TPSA) is 92.0 Å². The second kappa shape index (κ2) is 6.54. The molecule has 0 bridgehead atoms. The summed E-state index contributed by atoms with van der Waals surface area (Å²) in [6.07, 6.45) is 3.88. The van der Waals surface area contributed by atoms with Crippen molar-refractivity contribution in [2.24, 2.45) is 0 Å². The number of aryl methyl sites for hydroxylation is 1. The number of aromatic amines is 2. The maximum atomic E-state index is 12.4. The predicted molar refractivity (Wildman–Crippen MR) is 89.4 cm³/mol. The number of nitrogens with one attached hydrogen (secondary N) is 2. The van der Waals surface area contributed by atoms with Gasteiger partial charge >= 0.3 is 5.97 Å². The molecule has 0 atom stereocenters. The zero-order valence-corrected chi connectivity index (χ0v) is 13.1. The van der Waals surface area contributed by atoms with Crippen LogP contribution in [0.15, 0.2) is 47.5 Å². The summed E-state index contributed by atoms with van der Waals surface area (Å²) in [6, 6.07) is 8.61. The van der Waals surface area contributed by atoms with Crippen LogP contribution in [-0.4, -0.2) is 28.3 Å². The average Bonchev–Trinajstić information content (AvgIpc) is 3.04. The van der Waals surface area contributed by atoms with E-state index in [-0.39, 0.29) is 11.3 Å². The molecule has 3 aromatic rings. The fourth-order valence-corrected chi connectivity index (χ4v) is 2.61. The standard InChI is InChI=1S/C18H16N2O4/c1-2-11-5-3-6-12-14(9-20-16(11)12)15(21)10-24-18(23)13-7-4-8-19-17(13)22/h3-9,20H,2,10H2,1H3,(H,19,22). The largest absolute Gasteiger partial charge is 0.454 e. The Kier molecular flexibility index (Phi) is 4.29. The lowest BCUT2D eigenvalue weighted by Crippen LogP contribution is -2.21. The van der Waals surface area contributed by atoms with Crippen LogP contribution >= 0.6 is 0 Å². The molecule has 0 spiro atoms. The van der Waals surface area contributed by atoms with Gasteiger partial charge in [-0.25, -0.2) is 4.79 Å². The first kappa shape index (κ1) is 15.7. The fourth-order valence-electron chi connectivity index (χ4n) is 2.61. The minimum atomic E-state index is -0.820. The number of aromatic nitrogens is 2. The Morgan fingerprint density at radius 3 is 2.67 bits per heavy atom. The summed E-state index contributed by atoms with van der Waals surface area (Å²) >= 11 is 0. The summed E-state index contributed by atoms with van der Waals surface area (Å²) in [5.41, 5.74) is 1.82. The maximum Gasteiger partial charge on any atom is 0.344 e. The summed E-state index contributed by atoms with van der Waals surface area (Å²) in [7, 11) is 0. The van der Waals surface area contributed by atoms with Crippen molar-refractivity contribution in [3.63, 3.8) is 0 Å². The van der Waals surface area contributed by atoms with Gasteiger partial charge < -0.3 is 14.7 Å². The van der Waals surface area contributed by atoms with E-state index in [2.05, 4.69) is 9.97 Å². The van der Waals surface area contributed by atoms with Crippen molar-refractivity contribution in [1.82, 2.24) is 9.97 Å². The van der Waals surface area contributed by atoms with Gasteiger partial charge in [0.25, 0.3) is 5.56 Å². The van der Waals surface area contributed by atoms with Gasteiger partial charge in [0.2, 0.25) is 5.78 Å². The number of H-pyrrole nitrogens is 2. The Bertz CT molecular complexity index is 968. The molecule has 1 aromatic carbocycles. The molecular formula is C18H16N2O4. The number of carbonyl (C=O) groups excluding carboxylic acids is 2. The number of rotatable bonds is 5. The van der Waals surface area contributed by atoms with E-state index in [1.165, 1.54) is 18.3 Å². The average molecular weight is 324 g/mol. The molecule has 24 heavy (non-hydrogen) atoms. The van der Waals surface area contributed by atoms with E-state index >= 15 is 0 Å². The van der Waals surface area contributed by atoms with Crippen LogP contribution in [0.2, 0.25) is 0 Å². The molecule has 0 radical (unpaired) electrons. The Balaban J connectivity index is 1.78. The van der Waals surface area contributed by atoms with Crippen LogP contribution in [0.3, 0.4) is 0 Å². The Hall–Kier alpha value is -3.15. The van der Waals surface area contributed by atoms with Crippen molar-refractivity contribution in [2.45, 2.75) is 13.3 Å². The summed E-state index contributed by atoms with van der Waals surface area (Å²) in [6.45, 7) is 1.62. The molecule has 2 heterocycles. The first-order chi connectivity index (χ1) is 11.6. The number of benzene rings is 1. The van der Waals surface area contributed by atoms with Gasteiger partial charge in [0, 0.05) is 28.9 Å². The second-order valence-electron chi connectivity index (χ2n) is 5.31. The predicted octanol–water partition coefficient (Wildman–Crippen LogP) is 2.46. The van der Waals surface area contributed by atoms with Gasteiger partial charge in [-0.1, -0.05) is 25.1 Å². The molecule has 0 aliphatic rings. The van der Waals surface area contributed by atoms with Crippen LogP contribution in [0.5, 0.6) is 0 Å². The minimum absolute atomic E-state index is 0.127. The minimum Gasteiger partial charge on any atom is -0.454 e. The Morgan fingerprint density at radius 1 is 1.08 bits per heavy atom. The zero-order valence-electron chi connectivity index (χ0n) is 13.1. The number of ketones is 1. The first-order valence-corrected chi connectivity index (χ1v) is 7.58. The second-order valence-corrected chi connectivity index (χ2v) is 5.31. The highest BCUT2D eigenvalue weighted by molar-refractivity contribution is 6.09. The third-order valence-corrected chi connectivity index (χ3v) is 3.86. The fraction of sp³-hybridized carbons (Fsp3) is 0.167. The molecule has 0 aliphatic carbocycles. The number of pyridine rings is 1. The van der Waals surface area contributed by atoms with Gasteiger partial charge in [0.05, 0.1) is 0 Å². The Labute approximate surface area is 137 Å². The number of hydrogen-bond acceptors (Lipinski definition) is 4. The number of fused-ring (bicyclic) bond motifs is 1. The summed E-state index contributed by atoms with van der Waals surface area (Å²) in [4.78, 5) is 41.3. The molecule has 6 heteroatoms. The third kappa shape index (κ3) is 2.86. The molecule has 3 rings (SSSR count). The summed E-state index contributed by atoms with van der Waals surface area (Å²) in [5.74, 6) is -1.14. The normalized spacial score (nSPS) is 10.7. The van der Waals surface area contributed by atoms with Crippen molar-refractivity contribution in [3.05, 3.63) is 69.8 Å². The van der Waals surface area contributed by atoms with E-state index in [9.17, 15) is 14.4 Å². The highest BCUT2D eigenvalue weighted by atomic mass is 16.5. The number of carbonyl (C=O) groups is 2. The molecule has 0 unspecified atom stereocenters. The Morgan fingerprint density at radius 2 is 1.92 bits per heavy atom. The summed E-state index contributed by atoms with van der Waals surface area (Å²) < 4.78 is 4.98. The molecule has 0 fully saturated rings. The van der Waals surface area contributed by atoms with Crippen molar-refractivity contribution < 1.29 is 14.3 Å². The number of esters is 1. The maximum absolute atomic E-state index is 12.4. The number of ether oxygens (including phenoxy) is 1.